The SMILES string of the molecule is COc1cccc(OC)c1-n1c(NS(=O)(=O)[C@@H](C)[C@@H](O[Si](C)(C)C(C)(C)C)c2ncc(F)cn2)nnc1-c1nc(C)cs1. The maximum absolute atomic E-state index is 14.1. The van der Waals surface area contributed by atoms with Gasteiger partial charge < -0.3 is 13.9 Å². The minimum Gasteiger partial charge on any atom is -0.494 e. The Labute approximate surface area is 255 Å². The lowest BCUT2D eigenvalue weighted by molar-refractivity contribution is 0.172. The number of para-hydroxylation sites is 1. The molecule has 16 heteroatoms. The Hall–Kier alpha value is -3.47. The summed E-state index contributed by atoms with van der Waals surface area (Å²) in [5.41, 5.74) is 1.14. The molecule has 0 aliphatic rings. The highest BCUT2D eigenvalue weighted by molar-refractivity contribution is 7.93. The average molecular weight is 650 g/mol. The van der Waals surface area contributed by atoms with Crippen molar-refractivity contribution in [2.45, 2.75) is 64.1 Å². The summed E-state index contributed by atoms with van der Waals surface area (Å²) in [5.74, 6) is 0.344. The zero-order valence-electron chi connectivity index (χ0n) is 25.5. The summed E-state index contributed by atoms with van der Waals surface area (Å²) < 4.78 is 63.8. The van der Waals surface area contributed by atoms with E-state index in [9.17, 15) is 12.8 Å². The van der Waals surface area contributed by atoms with Crippen LogP contribution in [0.25, 0.3) is 16.5 Å². The summed E-state index contributed by atoms with van der Waals surface area (Å²) in [6.45, 7) is 13.4. The standard InChI is InChI=1S/C27H36FN7O5S2Si/c1-16-15-41-25(31-16)24-32-33-26(35(24)21-19(38-6)11-10-12-20(21)39-7)34-42(36,37)17(2)22(23-29-13-18(28)14-30-23)40-43(8,9)27(3,4)5/h10-15,17,22H,1-9H3,(H,33,34)/t17-,22+/m0/s1. The first-order valence-corrected chi connectivity index (χ1v) is 18.7. The molecule has 3 heterocycles. The molecule has 4 rings (SSSR count). The largest absolute Gasteiger partial charge is 0.494 e. The summed E-state index contributed by atoms with van der Waals surface area (Å²) in [6, 6.07) is 5.17. The van der Waals surface area contributed by atoms with Crippen LogP contribution >= 0.6 is 11.3 Å². The van der Waals surface area contributed by atoms with Gasteiger partial charge in [-0.05, 0) is 44.1 Å². The molecule has 0 bridgehead atoms. The molecule has 0 aliphatic heterocycles. The van der Waals surface area contributed by atoms with Crippen LogP contribution in [0.15, 0.2) is 36.0 Å². The van der Waals surface area contributed by atoms with Gasteiger partial charge in [0.1, 0.15) is 28.5 Å². The van der Waals surface area contributed by atoms with E-state index in [1.165, 1.54) is 37.0 Å². The van der Waals surface area contributed by atoms with Gasteiger partial charge in [0.25, 0.3) is 0 Å². The molecule has 0 fully saturated rings. The molecule has 12 nitrogen and oxygen atoms in total. The van der Waals surface area contributed by atoms with E-state index in [2.05, 4.69) is 29.9 Å². The molecule has 4 aromatic rings. The summed E-state index contributed by atoms with van der Waals surface area (Å²) in [4.78, 5) is 12.7. The Balaban J connectivity index is 1.84. The van der Waals surface area contributed by atoms with Crippen LogP contribution in [0.2, 0.25) is 18.1 Å². The van der Waals surface area contributed by atoms with E-state index < -0.39 is 35.5 Å². The van der Waals surface area contributed by atoms with Crippen molar-refractivity contribution >= 4 is 35.6 Å². The number of thiazole rings is 1. The molecule has 2 atom stereocenters. The monoisotopic (exact) mass is 649 g/mol. The number of ether oxygens (including phenoxy) is 2. The van der Waals surface area contributed by atoms with Gasteiger partial charge in [0, 0.05) is 11.1 Å². The van der Waals surface area contributed by atoms with E-state index in [0.717, 1.165) is 18.1 Å². The number of aromatic nitrogens is 6. The Bertz CT molecular complexity index is 1670. The van der Waals surface area contributed by atoms with Crippen molar-refractivity contribution in [2.75, 3.05) is 18.9 Å². The van der Waals surface area contributed by atoms with Crippen molar-refractivity contribution in [2.24, 2.45) is 0 Å². The molecule has 0 radical (unpaired) electrons. The first-order chi connectivity index (χ1) is 20.1. The van der Waals surface area contributed by atoms with Gasteiger partial charge in [0.15, 0.2) is 30.8 Å². The van der Waals surface area contributed by atoms with Crippen molar-refractivity contribution < 1.29 is 26.7 Å². The highest BCUT2D eigenvalue weighted by Gasteiger charge is 2.44. The smallest absolute Gasteiger partial charge is 0.243 e. The molecule has 0 unspecified atom stereocenters. The molecule has 1 aromatic carbocycles. The van der Waals surface area contributed by atoms with E-state index in [1.54, 1.807) is 18.2 Å². The Kier molecular flexibility index (Phi) is 9.25. The number of rotatable bonds is 11. The third-order valence-corrected chi connectivity index (χ3v) is 14.5. The molecule has 0 saturated carbocycles. The number of aryl methyl sites for hydroxylation is 1. The topological polar surface area (TPSA) is 143 Å². The van der Waals surface area contributed by atoms with Crippen LogP contribution < -0.4 is 14.2 Å². The quantitative estimate of drug-likeness (QED) is 0.206. The van der Waals surface area contributed by atoms with Crippen molar-refractivity contribution in [1.29, 1.82) is 0 Å². The number of hydrogen-bond acceptors (Lipinski definition) is 11. The highest BCUT2D eigenvalue weighted by Crippen LogP contribution is 2.42. The molecule has 0 aliphatic carbocycles. The van der Waals surface area contributed by atoms with Crippen molar-refractivity contribution in [3.05, 3.63) is 53.3 Å². The molecule has 0 spiro atoms. The van der Waals surface area contributed by atoms with Crippen LogP contribution in [0.5, 0.6) is 11.5 Å². The number of halogens is 1. The van der Waals surface area contributed by atoms with Crippen LogP contribution in [0, 0.1) is 12.7 Å². The van der Waals surface area contributed by atoms with Gasteiger partial charge in [-0.3, -0.25) is 9.29 Å². The van der Waals surface area contributed by atoms with Crippen molar-refractivity contribution in [3.8, 4) is 28.0 Å². The first-order valence-electron chi connectivity index (χ1n) is 13.4. The normalized spacial score (nSPS) is 13.9. The van der Waals surface area contributed by atoms with Gasteiger partial charge in [-0.15, -0.1) is 21.5 Å². The number of nitrogens with one attached hydrogen (secondary N) is 1. The molecule has 3 aromatic heterocycles. The predicted octanol–water partition coefficient (Wildman–Crippen LogP) is 5.54. The predicted molar refractivity (Wildman–Crippen MR) is 165 cm³/mol. The van der Waals surface area contributed by atoms with E-state index in [1.807, 2.05) is 46.2 Å². The van der Waals surface area contributed by atoms with Gasteiger partial charge in [0.2, 0.25) is 16.0 Å². The van der Waals surface area contributed by atoms with E-state index in [4.69, 9.17) is 13.9 Å². The second-order valence-corrected chi connectivity index (χ2v) is 19.1. The highest BCUT2D eigenvalue weighted by atomic mass is 32.2. The number of sulfonamides is 1. The third kappa shape index (κ3) is 6.71. The lowest BCUT2D eigenvalue weighted by Gasteiger charge is -2.40. The number of methoxy groups -OCH3 is 2. The first kappa shape index (κ1) is 32.4. The van der Waals surface area contributed by atoms with Crippen LogP contribution in [0.1, 0.15) is 45.3 Å². The van der Waals surface area contributed by atoms with Crippen LogP contribution in [-0.2, 0) is 14.4 Å². The fraction of sp³-hybridized carbons (Fsp3) is 0.444. The van der Waals surface area contributed by atoms with Gasteiger partial charge in [-0.2, -0.15) is 0 Å². The second-order valence-electron chi connectivity index (χ2n) is 11.4. The second kappa shape index (κ2) is 12.3. The number of benzene rings is 1. The lowest BCUT2D eigenvalue weighted by Crippen LogP contribution is -2.45. The van der Waals surface area contributed by atoms with Gasteiger partial charge in [-0.1, -0.05) is 26.8 Å². The Morgan fingerprint density at radius 3 is 2.19 bits per heavy atom. The number of nitrogens with zero attached hydrogens (tertiary/aromatic N) is 6. The molecule has 1 N–H and O–H groups in total. The fourth-order valence-electron chi connectivity index (χ4n) is 3.91. The van der Waals surface area contributed by atoms with Crippen LogP contribution in [0.4, 0.5) is 10.3 Å². The molecular formula is C27H36FN7O5S2Si. The Morgan fingerprint density at radius 2 is 1.67 bits per heavy atom. The van der Waals surface area contributed by atoms with Crippen molar-refractivity contribution in [3.63, 3.8) is 0 Å². The zero-order chi connectivity index (χ0) is 31.7. The zero-order valence-corrected chi connectivity index (χ0v) is 28.2. The summed E-state index contributed by atoms with van der Waals surface area (Å²) in [7, 11) is -3.85. The van der Waals surface area contributed by atoms with Crippen LogP contribution in [0.3, 0.4) is 0 Å². The van der Waals surface area contributed by atoms with Gasteiger partial charge >= 0.3 is 0 Å². The average Bonchev–Trinajstić information content (AvgIpc) is 3.56. The minimum atomic E-state index is -4.27. The summed E-state index contributed by atoms with van der Waals surface area (Å²) >= 11 is 1.33. The van der Waals surface area contributed by atoms with Crippen LogP contribution in [-0.4, -0.2) is 65.9 Å². The Morgan fingerprint density at radius 1 is 1.07 bits per heavy atom. The number of hydrogen-bond donors (Lipinski definition) is 1. The van der Waals surface area contributed by atoms with Gasteiger partial charge in [-0.25, -0.2) is 27.8 Å². The van der Waals surface area contributed by atoms with E-state index in [-0.39, 0.29) is 22.6 Å². The summed E-state index contributed by atoms with van der Waals surface area (Å²) in [5, 5.41) is 9.39. The minimum absolute atomic E-state index is 0.0518. The molecule has 0 saturated heterocycles. The molecular weight excluding hydrogens is 614 g/mol. The molecule has 0 amide bonds. The molecule has 232 valence electrons. The number of anilines is 1. The van der Waals surface area contributed by atoms with Crippen molar-refractivity contribution in [1.82, 2.24) is 29.7 Å². The van der Waals surface area contributed by atoms with E-state index >= 15 is 0 Å². The fourth-order valence-corrected chi connectivity index (χ4v) is 7.16. The molecule has 43 heavy (non-hydrogen) atoms. The van der Waals surface area contributed by atoms with E-state index in [0.29, 0.717) is 22.2 Å². The third-order valence-electron chi connectivity index (χ3n) is 7.37. The summed E-state index contributed by atoms with van der Waals surface area (Å²) in [6.07, 6.45) is 0.866. The van der Waals surface area contributed by atoms with Gasteiger partial charge in [0.05, 0.1) is 26.6 Å². The maximum atomic E-state index is 14.1. The maximum Gasteiger partial charge on any atom is 0.243 e. The lowest BCUT2D eigenvalue weighted by atomic mass is 10.2.